The third-order valence-electron chi connectivity index (χ3n) is 3.42. The maximum Gasteiger partial charge on any atom is 0.137 e. The average Bonchev–Trinajstić information content (AvgIpc) is 3.00. The van der Waals surface area contributed by atoms with Crippen LogP contribution in [0.25, 0.3) is 11.1 Å². The van der Waals surface area contributed by atoms with Gasteiger partial charge in [0.15, 0.2) is 0 Å². The fraction of sp³-hybridized carbons (Fsp3) is 0.125. The van der Waals surface area contributed by atoms with Gasteiger partial charge in [0.05, 0.1) is 6.54 Å². The second kappa shape index (κ2) is 7.79. The summed E-state index contributed by atoms with van der Waals surface area (Å²) in [4.78, 5) is 3.94. The van der Waals surface area contributed by atoms with E-state index in [1.165, 1.54) is 6.33 Å². The summed E-state index contributed by atoms with van der Waals surface area (Å²) in [6.45, 7) is 1.08. The first-order valence-electron chi connectivity index (χ1n) is 6.77. The Balaban J connectivity index is 0.00000192. The Morgan fingerprint density at radius 1 is 1.04 bits per heavy atom. The first-order valence-corrected chi connectivity index (χ1v) is 7.52. The Bertz CT molecular complexity index is 788. The fourth-order valence-electron chi connectivity index (χ4n) is 2.39. The summed E-state index contributed by atoms with van der Waals surface area (Å²) in [7, 11) is 0. The van der Waals surface area contributed by atoms with E-state index in [0.717, 1.165) is 22.3 Å². The van der Waals surface area contributed by atoms with Crippen LogP contribution in [0, 0.1) is 0 Å². The van der Waals surface area contributed by atoms with Gasteiger partial charge < -0.3 is 5.73 Å². The molecule has 0 aliphatic carbocycles. The zero-order valence-electron chi connectivity index (χ0n) is 12.1. The zero-order chi connectivity index (χ0) is 15.5. The zero-order valence-corrected chi connectivity index (χ0v) is 14.4. The highest BCUT2D eigenvalue weighted by molar-refractivity contribution is 6.36. The van der Waals surface area contributed by atoms with E-state index in [1.54, 1.807) is 17.1 Å². The molecule has 0 fully saturated rings. The maximum absolute atomic E-state index is 6.30. The third kappa shape index (κ3) is 4.03. The Kier molecular flexibility index (Phi) is 6.02. The Morgan fingerprint density at radius 2 is 1.83 bits per heavy atom. The van der Waals surface area contributed by atoms with Gasteiger partial charge in [0, 0.05) is 22.2 Å². The van der Waals surface area contributed by atoms with E-state index in [9.17, 15) is 0 Å². The lowest BCUT2D eigenvalue weighted by Gasteiger charge is -2.12. The monoisotopic (exact) mass is 368 g/mol. The largest absolute Gasteiger partial charge is 0.326 e. The fourth-order valence-corrected chi connectivity index (χ4v) is 2.90. The third-order valence-corrected chi connectivity index (χ3v) is 3.97. The highest BCUT2D eigenvalue weighted by Gasteiger charge is 2.10. The number of nitrogens with zero attached hydrogens (tertiary/aromatic N) is 3. The Hall–Kier alpha value is -1.59. The molecule has 1 heterocycles. The summed E-state index contributed by atoms with van der Waals surface area (Å²) in [6.07, 6.45) is 3.21. The number of halogens is 3. The standard InChI is InChI=1S/C16H14Cl2N4.ClH/c17-13-2-4-15(16(18)6-13)14-3-1-11(5-12(14)7-19)8-22-10-20-9-21-22;/h1-6,9-10H,7-8,19H2;1H. The van der Waals surface area contributed by atoms with Gasteiger partial charge >= 0.3 is 0 Å². The van der Waals surface area contributed by atoms with Crippen molar-refractivity contribution in [2.75, 3.05) is 0 Å². The molecular weight excluding hydrogens is 355 g/mol. The molecule has 0 radical (unpaired) electrons. The lowest BCUT2D eigenvalue weighted by molar-refractivity contribution is 0.684. The van der Waals surface area contributed by atoms with Gasteiger partial charge in [-0.3, -0.25) is 0 Å². The summed E-state index contributed by atoms with van der Waals surface area (Å²) in [5, 5.41) is 5.34. The van der Waals surface area contributed by atoms with E-state index in [2.05, 4.69) is 16.1 Å². The lowest BCUT2D eigenvalue weighted by atomic mass is 9.97. The summed E-state index contributed by atoms with van der Waals surface area (Å²) >= 11 is 12.3. The molecule has 7 heteroatoms. The maximum atomic E-state index is 6.30. The van der Waals surface area contributed by atoms with E-state index in [-0.39, 0.29) is 12.4 Å². The van der Waals surface area contributed by atoms with Gasteiger partial charge in [-0.2, -0.15) is 5.10 Å². The minimum Gasteiger partial charge on any atom is -0.326 e. The molecule has 0 saturated carbocycles. The smallest absolute Gasteiger partial charge is 0.137 e. The molecule has 2 aromatic carbocycles. The molecule has 0 atom stereocenters. The molecule has 0 amide bonds. The van der Waals surface area contributed by atoms with Crippen LogP contribution < -0.4 is 5.73 Å². The summed E-state index contributed by atoms with van der Waals surface area (Å²) in [5.74, 6) is 0. The molecule has 0 unspecified atom stereocenters. The van der Waals surface area contributed by atoms with Crippen LogP contribution in [-0.4, -0.2) is 14.8 Å². The number of benzene rings is 2. The molecule has 0 bridgehead atoms. The van der Waals surface area contributed by atoms with Gasteiger partial charge in [-0.05, 0) is 28.8 Å². The van der Waals surface area contributed by atoms with Crippen LogP contribution >= 0.6 is 35.6 Å². The molecule has 23 heavy (non-hydrogen) atoms. The molecule has 4 nitrogen and oxygen atoms in total. The van der Waals surface area contributed by atoms with Gasteiger partial charge in [0.2, 0.25) is 0 Å². The number of rotatable bonds is 4. The number of hydrogen-bond donors (Lipinski definition) is 1. The molecule has 0 aliphatic heterocycles. The highest BCUT2D eigenvalue weighted by Crippen LogP contribution is 2.33. The SMILES string of the molecule is Cl.NCc1cc(Cn2cncn2)ccc1-c1ccc(Cl)cc1Cl. The average molecular weight is 370 g/mol. The van der Waals surface area contributed by atoms with Gasteiger partial charge in [-0.25, -0.2) is 9.67 Å². The van der Waals surface area contributed by atoms with Gasteiger partial charge in [0.25, 0.3) is 0 Å². The normalized spacial score (nSPS) is 10.4. The second-order valence-electron chi connectivity index (χ2n) is 4.91. The Morgan fingerprint density at radius 3 is 2.48 bits per heavy atom. The van der Waals surface area contributed by atoms with Crippen molar-refractivity contribution in [2.45, 2.75) is 13.1 Å². The van der Waals surface area contributed by atoms with Crippen molar-refractivity contribution in [2.24, 2.45) is 5.73 Å². The predicted octanol–water partition coefficient (Wildman–Crippen LogP) is 4.18. The quantitative estimate of drug-likeness (QED) is 0.750. The van der Waals surface area contributed by atoms with Crippen LogP contribution in [-0.2, 0) is 13.1 Å². The minimum atomic E-state index is 0. The summed E-state index contributed by atoms with van der Waals surface area (Å²) in [5.41, 5.74) is 10.00. The molecule has 0 saturated heterocycles. The van der Waals surface area contributed by atoms with Crippen LogP contribution in [0.1, 0.15) is 11.1 Å². The molecule has 1 aromatic heterocycles. The minimum absolute atomic E-state index is 0. The van der Waals surface area contributed by atoms with Gasteiger partial charge in [-0.15, -0.1) is 12.4 Å². The summed E-state index contributed by atoms with van der Waals surface area (Å²) < 4.78 is 1.77. The van der Waals surface area contributed by atoms with E-state index < -0.39 is 0 Å². The summed E-state index contributed by atoms with van der Waals surface area (Å²) in [6, 6.07) is 11.6. The first kappa shape index (κ1) is 17.8. The second-order valence-corrected chi connectivity index (χ2v) is 5.76. The van der Waals surface area contributed by atoms with Crippen molar-refractivity contribution in [3.63, 3.8) is 0 Å². The van der Waals surface area contributed by atoms with Crippen molar-refractivity contribution >= 4 is 35.6 Å². The van der Waals surface area contributed by atoms with Crippen LogP contribution in [0.2, 0.25) is 10.0 Å². The van der Waals surface area contributed by atoms with E-state index >= 15 is 0 Å². The van der Waals surface area contributed by atoms with E-state index in [1.807, 2.05) is 24.3 Å². The van der Waals surface area contributed by atoms with Crippen molar-refractivity contribution < 1.29 is 0 Å². The lowest BCUT2D eigenvalue weighted by Crippen LogP contribution is -2.04. The molecule has 2 N–H and O–H groups in total. The highest BCUT2D eigenvalue weighted by atomic mass is 35.5. The van der Waals surface area contributed by atoms with Crippen LogP contribution in [0.15, 0.2) is 49.1 Å². The topological polar surface area (TPSA) is 56.7 Å². The van der Waals surface area contributed by atoms with Crippen molar-refractivity contribution in [1.82, 2.24) is 14.8 Å². The van der Waals surface area contributed by atoms with Gasteiger partial charge in [0.1, 0.15) is 12.7 Å². The molecule has 3 rings (SSSR count). The number of nitrogens with two attached hydrogens (primary N) is 1. The van der Waals surface area contributed by atoms with Crippen molar-refractivity contribution in [1.29, 1.82) is 0 Å². The molecule has 0 aliphatic rings. The van der Waals surface area contributed by atoms with Crippen LogP contribution in [0.5, 0.6) is 0 Å². The molecular formula is C16H15Cl3N4. The first-order chi connectivity index (χ1) is 10.7. The Labute approximate surface area is 150 Å². The van der Waals surface area contributed by atoms with E-state index in [0.29, 0.717) is 23.1 Å². The molecule has 3 aromatic rings. The number of hydrogen-bond acceptors (Lipinski definition) is 3. The number of aromatic nitrogens is 3. The molecule has 120 valence electrons. The predicted molar refractivity (Wildman–Crippen MR) is 96.2 cm³/mol. The van der Waals surface area contributed by atoms with Crippen LogP contribution in [0.3, 0.4) is 0 Å². The van der Waals surface area contributed by atoms with Gasteiger partial charge in [-0.1, -0.05) is 47.5 Å². The molecule has 0 spiro atoms. The van der Waals surface area contributed by atoms with Crippen molar-refractivity contribution in [3.05, 3.63) is 70.2 Å². The van der Waals surface area contributed by atoms with Crippen LogP contribution in [0.4, 0.5) is 0 Å². The van der Waals surface area contributed by atoms with Crippen molar-refractivity contribution in [3.8, 4) is 11.1 Å². The van der Waals surface area contributed by atoms with E-state index in [4.69, 9.17) is 28.9 Å².